The Kier molecular flexibility index (Phi) is 5.01. The van der Waals surface area contributed by atoms with E-state index >= 15 is 0 Å². The van der Waals surface area contributed by atoms with Crippen LogP contribution in [0.5, 0.6) is 0 Å². The topological polar surface area (TPSA) is 39.2 Å². The molecule has 96 valence electrons. The third-order valence-corrected chi connectivity index (χ3v) is 4.38. The van der Waals surface area contributed by atoms with Crippen molar-refractivity contribution in [3.63, 3.8) is 0 Å². The Morgan fingerprint density at radius 2 is 2.12 bits per heavy atom. The largest absolute Gasteiger partial charge is 0.461 e. The van der Waals surface area contributed by atoms with Crippen molar-refractivity contribution < 1.29 is 9.53 Å². The highest BCUT2D eigenvalue weighted by molar-refractivity contribution is 7.99. The summed E-state index contributed by atoms with van der Waals surface area (Å²) in [6, 6.07) is 0. The van der Waals surface area contributed by atoms with Gasteiger partial charge in [0.25, 0.3) is 0 Å². The van der Waals surface area contributed by atoms with Gasteiger partial charge in [0.2, 0.25) is 0 Å². The Morgan fingerprint density at radius 3 is 2.65 bits per heavy atom. The monoisotopic (exact) mass is 273 g/mol. The molecule has 0 unspecified atom stereocenters. The van der Waals surface area contributed by atoms with Gasteiger partial charge >= 0.3 is 5.97 Å². The lowest BCUT2D eigenvalue weighted by molar-refractivity contribution is 0.0519. The van der Waals surface area contributed by atoms with Crippen molar-refractivity contribution in [1.82, 2.24) is 4.98 Å². The van der Waals surface area contributed by atoms with Gasteiger partial charge in [-0.1, -0.05) is 20.8 Å². The zero-order valence-corrected chi connectivity index (χ0v) is 12.6. The van der Waals surface area contributed by atoms with Crippen LogP contribution in [-0.4, -0.2) is 22.3 Å². The van der Waals surface area contributed by atoms with Crippen LogP contribution in [0, 0.1) is 6.92 Å². The number of thiazole rings is 1. The molecule has 3 nitrogen and oxygen atoms in total. The number of carbonyl (C=O) groups excluding carboxylic acids is 1. The van der Waals surface area contributed by atoms with E-state index < -0.39 is 0 Å². The highest BCUT2D eigenvalue weighted by Gasteiger charge is 2.18. The molecular formula is C12H19NO2S2. The molecule has 0 bridgehead atoms. The summed E-state index contributed by atoms with van der Waals surface area (Å²) in [5, 5.41) is 0.991. The molecule has 5 heteroatoms. The van der Waals surface area contributed by atoms with Crippen molar-refractivity contribution in [3.8, 4) is 0 Å². The Labute approximate surface area is 111 Å². The minimum Gasteiger partial charge on any atom is -0.461 e. The van der Waals surface area contributed by atoms with E-state index in [1.54, 1.807) is 18.3 Å². The summed E-state index contributed by atoms with van der Waals surface area (Å²) in [4.78, 5) is 16.9. The summed E-state index contributed by atoms with van der Waals surface area (Å²) in [5.74, 6) is 0.530. The van der Waals surface area contributed by atoms with Crippen LogP contribution in [0.2, 0.25) is 0 Å². The van der Waals surface area contributed by atoms with E-state index in [4.69, 9.17) is 4.74 Å². The average molecular weight is 273 g/mol. The zero-order valence-electron chi connectivity index (χ0n) is 11.0. The van der Waals surface area contributed by atoms with Gasteiger partial charge in [-0.3, -0.25) is 0 Å². The smallest absolute Gasteiger partial charge is 0.358 e. The van der Waals surface area contributed by atoms with Gasteiger partial charge in [-0.25, -0.2) is 9.78 Å². The van der Waals surface area contributed by atoms with Gasteiger partial charge in [0.15, 0.2) is 5.69 Å². The van der Waals surface area contributed by atoms with Crippen molar-refractivity contribution in [2.75, 3.05) is 6.61 Å². The number of hydrogen-bond donors (Lipinski definition) is 0. The molecule has 0 spiro atoms. The van der Waals surface area contributed by atoms with E-state index in [1.165, 1.54) is 0 Å². The van der Waals surface area contributed by atoms with Crippen LogP contribution in [0.3, 0.4) is 0 Å². The summed E-state index contributed by atoms with van der Waals surface area (Å²) in [6.45, 7) is 10.6. The first kappa shape index (κ1) is 14.5. The maximum absolute atomic E-state index is 11.6. The maximum Gasteiger partial charge on any atom is 0.358 e. The molecule has 1 rings (SSSR count). The molecule has 0 atom stereocenters. The molecule has 0 aliphatic rings. The number of carbonyl (C=O) groups is 1. The molecule has 1 aromatic rings. The fraction of sp³-hybridized carbons (Fsp3) is 0.667. The number of aryl methyl sites for hydroxylation is 1. The van der Waals surface area contributed by atoms with Crippen molar-refractivity contribution in [3.05, 3.63) is 15.6 Å². The minimum absolute atomic E-state index is 0.212. The standard InChI is InChI=1S/C12H19NO2S2/c1-6-15-11(14)10-8(2)17-9(13-10)7-16-12(3,4)5/h6-7H2,1-5H3. The van der Waals surface area contributed by atoms with E-state index in [0.29, 0.717) is 12.3 Å². The fourth-order valence-electron chi connectivity index (χ4n) is 1.18. The average Bonchev–Trinajstić information content (AvgIpc) is 2.56. The van der Waals surface area contributed by atoms with E-state index in [9.17, 15) is 4.79 Å². The van der Waals surface area contributed by atoms with Crippen molar-refractivity contribution in [2.45, 2.75) is 45.1 Å². The molecule has 1 aromatic heterocycles. The highest BCUT2D eigenvalue weighted by atomic mass is 32.2. The quantitative estimate of drug-likeness (QED) is 0.785. The number of nitrogens with zero attached hydrogens (tertiary/aromatic N) is 1. The van der Waals surface area contributed by atoms with Gasteiger partial charge in [-0.05, 0) is 13.8 Å². The predicted molar refractivity (Wildman–Crippen MR) is 73.9 cm³/mol. The lowest BCUT2D eigenvalue weighted by Gasteiger charge is -2.16. The molecular weight excluding hydrogens is 254 g/mol. The molecule has 17 heavy (non-hydrogen) atoms. The second kappa shape index (κ2) is 5.87. The van der Waals surface area contributed by atoms with E-state index in [2.05, 4.69) is 25.8 Å². The third-order valence-electron chi connectivity index (χ3n) is 1.94. The molecule has 1 heterocycles. The molecule has 0 aliphatic heterocycles. The van der Waals surface area contributed by atoms with Crippen molar-refractivity contribution in [2.24, 2.45) is 0 Å². The second-order valence-electron chi connectivity index (χ2n) is 4.63. The van der Waals surface area contributed by atoms with Crippen LogP contribution < -0.4 is 0 Å². The van der Waals surface area contributed by atoms with Gasteiger partial charge in [0, 0.05) is 15.4 Å². The second-order valence-corrected chi connectivity index (χ2v) is 7.72. The first-order chi connectivity index (χ1) is 7.83. The van der Waals surface area contributed by atoms with Crippen molar-refractivity contribution >= 4 is 29.1 Å². The molecule has 0 saturated carbocycles. The lowest BCUT2D eigenvalue weighted by atomic mass is 10.3. The Bertz CT molecular complexity index is 394. The van der Waals surface area contributed by atoms with E-state index in [1.807, 2.05) is 18.7 Å². The number of hydrogen-bond acceptors (Lipinski definition) is 5. The number of esters is 1. The molecule has 0 N–H and O–H groups in total. The predicted octanol–water partition coefficient (Wildman–Crippen LogP) is 3.66. The SMILES string of the molecule is CCOC(=O)c1nc(CSC(C)(C)C)sc1C. The highest BCUT2D eigenvalue weighted by Crippen LogP contribution is 2.29. The molecule has 0 radical (unpaired) electrons. The van der Waals surface area contributed by atoms with Crippen molar-refractivity contribution in [1.29, 1.82) is 0 Å². The Hall–Kier alpha value is -0.550. The first-order valence-corrected chi connectivity index (χ1v) is 7.41. The Morgan fingerprint density at radius 1 is 1.47 bits per heavy atom. The molecule has 0 saturated heterocycles. The number of aromatic nitrogens is 1. The normalized spacial score (nSPS) is 11.6. The van der Waals surface area contributed by atoms with Gasteiger partial charge < -0.3 is 4.74 Å². The number of ether oxygens (including phenoxy) is 1. The van der Waals surface area contributed by atoms with Crippen LogP contribution in [0.15, 0.2) is 0 Å². The van der Waals surface area contributed by atoms with Crippen LogP contribution in [0.4, 0.5) is 0 Å². The molecule has 0 aliphatic carbocycles. The summed E-state index contributed by atoms with van der Waals surface area (Å²) in [6.07, 6.45) is 0. The fourth-order valence-corrected chi connectivity index (χ4v) is 2.93. The molecule has 0 fully saturated rings. The minimum atomic E-state index is -0.312. The van der Waals surface area contributed by atoms with Crippen LogP contribution in [-0.2, 0) is 10.5 Å². The number of thioether (sulfide) groups is 1. The van der Waals surface area contributed by atoms with E-state index in [0.717, 1.165) is 15.6 Å². The maximum atomic E-state index is 11.6. The van der Waals surface area contributed by atoms with Gasteiger partial charge in [0.1, 0.15) is 5.01 Å². The number of rotatable bonds is 4. The zero-order chi connectivity index (χ0) is 13.1. The first-order valence-electron chi connectivity index (χ1n) is 5.61. The summed E-state index contributed by atoms with van der Waals surface area (Å²) in [7, 11) is 0. The third kappa shape index (κ3) is 4.68. The summed E-state index contributed by atoms with van der Waals surface area (Å²) >= 11 is 3.41. The molecule has 0 amide bonds. The van der Waals surface area contributed by atoms with Crippen LogP contribution in [0.1, 0.15) is 48.1 Å². The Balaban J connectivity index is 2.71. The summed E-state index contributed by atoms with van der Waals surface area (Å²) < 4.78 is 5.18. The van der Waals surface area contributed by atoms with Crippen LogP contribution in [0.25, 0.3) is 0 Å². The molecule has 0 aromatic carbocycles. The summed E-state index contributed by atoms with van der Waals surface area (Å²) in [5.41, 5.74) is 0.473. The van der Waals surface area contributed by atoms with Gasteiger partial charge in [0.05, 0.1) is 6.61 Å². The van der Waals surface area contributed by atoms with Crippen LogP contribution >= 0.6 is 23.1 Å². The van der Waals surface area contributed by atoms with Gasteiger partial charge in [-0.2, -0.15) is 0 Å². The lowest BCUT2D eigenvalue weighted by Crippen LogP contribution is -2.08. The van der Waals surface area contributed by atoms with E-state index in [-0.39, 0.29) is 10.7 Å². The van der Waals surface area contributed by atoms with Gasteiger partial charge in [-0.15, -0.1) is 23.1 Å².